The smallest absolute Gasteiger partial charge is 0.335 e. The first-order valence-corrected chi connectivity index (χ1v) is 9.42. The number of rotatable bonds is 1. The average molecular weight is 350 g/mol. The van der Waals surface area contributed by atoms with E-state index in [-0.39, 0.29) is 17.9 Å². The van der Waals surface area contributed by atoms with Crippen molar-refractivity contribution in [3.63, 3.8) is 0 Å². The van der Waals surface area contributed by atoms with Crippen molar-refractivity contribution in [3.8, 4) is 0 Å². The normalized spacial score (nSPS) is 25.8. The Morgan fingerprint density at radius 1 is 1.04 bits per heavy atom. The first-order valence-electron chi connectivity index (χ1n) is 7.81. The van der Waals surface area contributed by atoms with Crippen molar-refractivity contribution < 1.29 is 22.7 Å². The second kappa shape index (κ2) is 7.66. The highest BCUT2D eigenvalue weighted by molar-refractivity contribution is 7.92. The lowest BCUT2D eigenvalue weighted by Gasteiger charge is -2.25. The van der Waals surface area contributed by atoms with Gasteiger partial charge in [-0.1, -0.05) is 43.5 Å². The predicted molar refractivity (Wildman–Crippen MR) is 92.0 cm³/mol. The summed E-state index contributed by atoms with van der Waals surface area (Å²) in [7, 11) is -3.84. The minimum Gasteiger partial charge on any atom is -0.497 e. The number of hydrogen-bond acceptors (Lipinski definition) is 5. The third-order valence-corrected chi connectivity index (χ3v) is 6.48. The summed E-state index contributed by atoms with van der Waals surface area (Å²) in [6.07, 6.45) is 1.27. The fourth-order valence-corrected chi connectivity index (χ4v) is 4.37. The van der Waals surface area contributed by atoms with Crippen LogP contribution in [-0.4, -0.2) is 32.9 Å². The van der Waals surface area contributed by atoms with Crippen molar-refractivity contribution in [2.45, 2.75) is 30.3 Å². The Kier molecular flexibility index (Phi) is 5.83. The summed E-state index contributed by atoms with van der Waals surface area (Å²) in [6, 6.07) is 8.52. The van der Waals surface area contributed by atoms with Gasteiger partial charge in [-0.3, -0.25) is 0 Å². The van der Waals surface area contributed by atoms with Crippen molar-refractivity contribution in [2.75, 3.05) is 13.2 Å². The van der Waals surface area contributed by atoms with Gasteiger partial charge in [0.2, 0.25) is 0 Å². The molecular weight excluding hydrogens is 328 g/mol. The molecule has 0 N–H and O–H groups in total. The highest BCUT2D eigenvalue weighted by Crippen LogP contribution is 2.35. The first-order chi connectivity index (χ1) is 11.4. The summed E-state index contributed by atoms with van der Waals surface area (Å²) in [5, 5.41) is -2.16. The SMILES string of the molecule is C=C1OCCCCOC(=O)C(=C)C(c2ccccc2)S(=O)(=O)C1C. The predicted octanol–water partition coefficient (Wildman–Crippen LogP) is 2.95. The van der Waals surface area contributed by atoms with Crippen LogP contribution in [0.4, 0.5) is 0 Å². The molecule has 1 aromatic rings. The molecule has 1 aliphatic rings. The number of carbonyl (C=O) groups is 1. The molecule has 1 aromatic carbocycles. The Labute approximate surface area is 142 Å². The molecule has 1 aliphatic heterocycles. The first kappa shape index (κ1) is 18.3. The second-order valence-electron chi connectivity index (χ2n) is 5.71. The van der Waals surface area contributed by atoms with Gasteiger partial charge in [0, 0.05) is 0 Å². The van der Waals surface area contributed by atoms with Crippen LogP contribution in [0.3, 0.4) is 0 Å². The molecule has 1 saturated heterocycles. The molecule has 0 bridgehead atoms. The lowest BCUT2D eigenvalue weighted by molar-refractivity contribution is -0.139. The quantitative estimate of drug-likeness (QED) is 0.575. The fourth-order valence-electron chi connectivity index (χ4n) is 2.49. The summed E-state index contributed by atoms with van der Waals surface area (Å²) in [5.41, 5.74) is 0.373. The van der Waals surface area contributed by atoms with Crippen molar-refractivity contribution in [1.29, 1.82) is 0 Å². The maximum Gasteiger partial charge on any atom is 0.335 e. The highest BCUT2D eigenvalue weighted by atomic mass is 32.2. The molecule has 0 amide bonds. The van der Waals surface area contributed by atoms with E-state index in [4.69, 9.17) is 9.47 Å². The largest absolute Gasteiger partial charge is 0.497 e. The Balaban J connectivity index is 2.50. The van der Waals surface area contributed by atoms with Crippen LogP contribution < -0.4 is 0 Å². The van der Waals surface area contributed by atoms with Gasteiger partial charge in [0.05, 0.1) is 18.8 Å². The third-order valence-electron chi connectivity index (χ3n) is 4.02. The van der Waals surface area contributed by atoms with Crippen LogP contribution in [0.15, 0.2) is 54.8 Å². The van der Waals surface area contributed by atoms with Gasteiger partial charge in [-0.05, 0) is 25.3 Å². The van der Waals surface area contributed by atoms with Gasteiger partial charge < -0.3 is 9.47 Å². The van der Waals surface area contributed by atoms with Crippen LogP contribution in [0.1, 0.15) is 30.6 Å². The third kappa shape index (κ3) is 3.87. The van der Waals surface area contributed by atoms with Gasteiger partial charge in [-0.15, -0.1) is 0 Å². The number of hydrogen-bond donors (Lipinski definition) is 0. The maximum absolute atomic E-state index is 13.1. The molecular formula is C18H22O5S. The molecule has 2 unspecified atom stereocenters. The van der Waals surface area contributed by atoms with Crippen LogP contribution in [0.5, 0.6) is 0 Å². The molecule has 0 spiro atoms. The van der Waals surface area contributed by atoms with Crippen molar-refractivity contribution in [2.24, 2.45) is 0 Å². The number of ether oxygens (including phenoxy) is 2. The fraction of sp³-hybridized carbons (Fsp3) is 0.389. The van der Waals surface area contributed by atoms with Gasteiger partial charge in [0.25, 0.3) is 0 Å². The van der Waals surface area contributed by atoms with E-state index in [1.165, 1.54) is 6.92 Å². The van der Waals surface area contributed by atoms with Gasteiger partial charge in [0.1, 0.15) is 16.3 Å². The van der Waals surface area contributed by atoms with E-state index < -0.39 is 26.3 Å². The lowest BCUT2D eigenvalue weighted by Crippen LogP contribution is -2.31. The van der Waals surface area contributed by atoms with Crippen LogP contribution in [0.2, 0.25) is 0 Å². The van der Waals surface area contributed by atoms with Crippen LogP contribution in [0, 0.1) is 0 Å². The van der Waals surface area contributed by atoms with E-state index >= 15 is 0 Å². The topological polar surface area (TPSA) is 69.7 Å². The van der Waals surface area contributed by atoms with E-state index in [0.29, 0.717) is 25.0 Å². The number of cyclic esters (lactones) is 1. The lowest BCUT2D eigenvalue weighted by atomic mass is 10.1. The molecule has 2 rings (SSSR count). The zero-order chi connectivity index (χ0) is 17.7. The molecule has 130 valence electrons. The van der Waals surface area contributed by atoms with E-state index in [2.05, 4.69) is 13.2 Å². The second-order valence-corrected chi connectivity index (χ2v) is 8.06. The molecule has 0 aliphatic carbocycles. The van der Waals surface area contributed by atoms with Crippen LogP contribution in [0.25, 0.3) is 0 Å². The van der Waals surface area contributed by atoms with E-state index in [9.17, 15) is 13.2 Å². The van der Waals surface area contributed by atoms with Crippen LogP contribution >= 0.6 is 0 Å². The number of benzene rings is 1. The zero-order valence-electron chi connectivity index (χ0n) is 13.7. The molecule has 5 nitrogen and oxygen atoms in total. The van der Waals surface area contributed by atoms with E-state index in [0.717, 1.165) is 0 Å². The Bertz CT molecular complexity index is 721. The minimum absolute atomic E-state index is 0.0959. The molecule has 2 atom stereocenters. The molecule has 0 aromatic heterocycles. The standard InChI is InChI=1S/C18H22O5S/c1-13-17(16-9-5-4-6-10-16)24(20,21)15(3)14(2)22-11-7-8-12-23-18(13)19/h4-6,9-10,15,17H,1-2,7-8,11-12H2,3H3. The number of esters is 1. The van der Waals surface area contributed by atoms with Gasteiger partial charge in [-0.2, -0.15) is 0 Å². The van der Waals surface area contributed by atoms with Gasteiger partial charge in [-0.25, -0.2) is 13.2 Å². The summed E-state index contributed by atoms with van der Waals surface area (Å²) in [4.78, 5) is 12.2. The van der Waals surface area contributed by atoms with Crippen LogP contribution in [-0.2, 0) is 24.1 Å². The van der Waals surface area contributed by atoms with Crippen molar-refractivity contribution >= 4 is 15.8 Å². The molecule has 1 fully saturated rings. The Morgan fingerprint density at radius 2 is 1.62 bits per heavy atom. The Hall–Kier alpha value is -2.08. The molecule has 1 heterocycles. The molecule has 24 heavy (non-hydrogen) atoms. The molecule has 0 saturated carbocycles. The summed E-state index contributed by atoms with van der Waals surface area (Å²) in [6.45, 7) is 9.51. The van der Waals surface area contributed by atoms with E-state index in [1.54, 1.807) is 30.3 Å². The zero-order valence-corrected chi connectivity index (χ0v) is 14.6. The summed E-state index contributed by atoms with van der Waals surface area (Å²) < 4.78 is 36.8. The number of carbonyl (C=O) groups excluding carboxylic acids is 1. The molecule has 0 radical (unpaired) electrons. The van der Waals surface area contributed by atoms with E-state index in [1.807, 2.05) is 0 Å². The average Bonchev–Trinajstić information content (AvgIpc) is 2.56. The summed E-state index contributed by atoms with van der Waals surface area (Å²) in [5.74, 6) is -0.510. The van der Waals surface area contributed by atoms with Gasteiger partial charge in [0.15, 0.2) is 9.84 Å². The minimum atomic E-state index is -3.84. The maximum atomic E-state index is 13.1. The van der Waals surface area contributed by atoms with Gasteiger partial charge >= 0.3 is 5.97 Å². The number of sulfone groups is 1. The molecule has 6 heteroatoms. The van der Waals surface area contributed by atoms with Crippen molar-refractivity contribution in [1.82, 2.24) is 0 Å². The highest BCUT2D eigenvalue weighted by Gasteiger charge is 2.39. The monoisotopic (exact) mass is 350 g/mol. The van der Waals surface area contributed by atoms with Crippen molar-refractivity contribution in [3.05, 3.63) is 60.4 Å². The summed E-state index contributed by atoms with van der Waals surface area (Å²) >= 11 is 0. The Morgan fingerprint density at radius 3 is 2.25 bits per heavy atom.